The molecule has 0 aliphatic carbocycles. The minimum atomic E-state index is 0.169. The van der Waals surface area contributed by atoms with Gasteiger partial charge in [0.25, 0.3) is 0 Å². The van der Waals surface area contributed by atoms with E-state index in [1.165, 1.54) is 0 Å². The highest BCUT2D eigenvalue weighted by atomic mass is 79.9. The second-order valence-electron chi connectivity index (χ2n) is 3.63. The van der Waals surface area contributed by atoms with Crippen molar-refractivity contribution in [2.75, 3.05) is 0 Å². The highest BCUT2D eigenvalue weighted by Crippen LogP contribution is 2.22. The van der Waals surface area contributed by atoms with Crippen LogP contribution < -0.4 is 0 Å². The lowest BCUT2D eigenvalue weighted by Gasteiger charge is -2.07. The van der Waals surface area contributed by atoms with E-state index in [0.29, 0.717) is 6.42 Å². The number of halogens is 1. The Morgan fingerprint density at radius 2 is 2.31 bits per heavy atom. The number of benzene rings is 1. The van der Waals surface area contributed by atoms with Gasteiger partial charge in [0, 0.05) is 23.3 Å². The summed E-state index contributed by atoms with van der Waals surface area (Å²) in [5, 5.41) is 0. The minimum Gasteiger partial charge on any atom is -0.305 e. The molecule has 2 aromatic rings. The smallest absolute Gasteiger partial charge is 0.134 e. The van der Waals surface area contributed by atoms with Crippen molar-refractivity contribution in [1.29, 1.82) is 0 Å². The maximum absolute atomic E-state index is 11.0. The lowest BCUT2D eigenvalue weighted by molar-refractivity contribution is -0.116. The number of nitrogens with zero attached hydrogens (tertiary/aromatic N) is 2. The second kappa shape index (κ2) is 4.61. The van der Waals surface area contributed by atoms with E-state index >= 15 is 0 Å². The summed E-state index contributed by atoms with van der Waals surface area (Å²) in [5.74, 6) is 0.169. The zero-order valence-corrected chi connectivity index (χ0v) is 10.4. The van der Waals surface area contributed by atoms with Crippen molar-refractivity contribution in [3.05, 3.63) is 47.0 Å². The monoisotopic (exact) mass is 278 g/mol. The molecule has 0 bridgehead atoms. The standard InChI is InChI=1S/C12H11BrN2O/c1-9(16)6-10-2-3-12(11(13)7-10)15-5-4-14-8-15/h2-5,7-8H,6H2,1H3. The van der Waals surface area contributed by atoms with Gasteiger partial charge in [0.05, 0.1) is 12.0 Å². The van der Waals surface area contributed by atoms with E-state index in [4.69, 9.17) is 0 Å². The molecular formula is C12H11BrN2O. The summed E-state index contributed by atoms with van der Waals surface area (Å²) >= 11 is 3.50. The van der Waals surface area contributed by atoms with Gasteiger partial charge in [-0.3, -0.25) is 4.79 Å². The Hall–Kier alpha value is -1.42. The summed E-state index contributed by atoms with van der Waals surface area (Å²) in [7, 11) is 0. The van der Waals surface area contributed by atoms with E-state index < -0.39 is 0 Å². The van der Waals surface area contributed by atoms with E-state index in [1.807, 2.05) is 29.0 Å². The molecular weight excluding hydrogens is 268 g/mol. The minimum absolute atomic E-state index is 0.169. The topological polar surface area (TPSA) is 34.9 Å². The highest BCUT2D eigenvalue weighted by Gasteiger charge is 2.04. The van der Waals surface area contributed by atoms with Crippen LogP contribution in [0.25, 0.3) is 5.69 Å². The molecule has 1 aromatic carbocycles. The van der Waals surface area contributed by atoms with E-state index in [2.05, 4.69) is 20.9 Å². The summed E-state index contributed by atoms with van der Waals surface area (Å²) in [4.78, 5) is 15.0. The Morgan fingerprint density at radius 3 is 2.88 bits per heavy atom. The largest absolute Gasteiger partial charge is 0.305 e. The van der Waals surface area contributed by atoms with Gasteiger partial charge in [-0.15, -0.1) is 0 Å². The lowest BCUT2D eigenvalue weighted by Crippen LogP contribution is -1.98. The summed E-state index contributed by atoms with van der Waals surface area (Å²) in [6.07, 6.45) is 5.83. The van der Waals surface area contributed by atoms with Crippen LogP contribution in [0, 0.1) is 0 Å². The molecule has 0 N–H and O–H groups in total. The van der Waals surface area contributed by atoms with Crippen LogP contribution >= 0.6 is 15.9 Å². The Labute approximate surface area is 102 Å². The number of carbonyl (C=O) groups excluding carboxylic acids is 1. The fourth-order valence-electron chi connectivity index (χ4n) is 1.56. The predicted octanol–water partition coefficient (Wildman–Crippen LogP) is 2.77. The van der Waals surface area contributed by atoms with E-state index in [0.717, 1.165) is 15.7 Å². The third kappa shape index (κ3) is 2.39. The van der Waals surface area contributed by atoms with Crippen LogP contribution in [-0.4, -0.2) is 15.3 Å². The summed E-state index contributed by atoms with van der Waals surface area (Å²) in [6, 6.07) is 5.91. The molecule has 0 atom stereocenters. The van der Waals surface area contributed by atoms with Gasteiger partial charge >= 0.3 is 0 Å². The van der Waals surface area contributed by atoms with Gasteiger partial charge in [0.15, 0.2) is 0 Å². The molecule has 0 spiro atoms. The maximum Gasteiger partial charge on any atom is 0.134 e. The van der Waals surface area contributed by atoms with Crippen LogP contribution in [0.4, 0.5) is 0 Å². The van der Waals surface area contributed by atoms with Crippen molar-refractivity contribution >= 4 is 21.7 Å². The normalized spacial score (nSPS) is 10.4. The van der Waals surface area contributed by atoms with Gasteiger partial charge in [0.1, 0.15) is 5.78 Å². The molecule has 1 heterocycles. The average Bonchev–Trinajstić information content (AvgIpc) is 2.69. The fraction of sp³-hybridized carbons (Fsp3) is 0.167. The zero-order chi connectivity index (χ0) is 11.5. The Balaban J connectivity index is 2.34. The fourth-order valence-corrected chi connectivity index (χ4v) is 2.19. The Kier molecular flexibility index (Phi) is 3.19. The number of imidazole rings is 1. The Morgan fingerprint density at radius 1 is 1.50 bits per heavy atom. The summed E-state index contributed by atoms with van der Waals surface area (Å²) < 4.78 is 2.88. The quantitative estimate of drug-likeness (QED) is 0.866. The molecule has 1 aromatic heterocycles. The van der Waals surface area contributed by atoms with Crippen molar-refractivity contribution in [2.45, 2.75) is 13.3 Å². The van der Waals surface area contributed by atoms with Crippen LogP contribution in [-0.2, 0) is 11.2 Å². The molecule has 0 fully saturated rings. The van der Waals surface area contributed by atoms with E-state index in [-0.39, 0.29) is 5.78 Å². The first-order valence-electron chi connectivity index (χ1n) is 4.93. The predicted molar refractivity (Wildman–Crippen MR) is 65.6 cm³/mol. The maximum atomic E-state index is 11.0. The highest BCUT2D eigenvalue weighted by molar-refractivity contribution is 9.10. The molecule has 0 saturated carbocycles. The molecule has 0 unspecified atom stereocenters. The van der Waals surface area contributed by atoms with Gasteiger partial charge in [-0.2, -0.15) is 0 Å². The van der Waals surface area contributed by atoms with Crippen molar-refractivity contribution in [3.63, 3.8) is 0 Å². The zero-order valence-electron chi connectivity index (χ0n) is 8.85. The average molecular weight is 279 g/mol. The van der Waals surface area contributed by atoms with Crippen LogP contribution in [0.1, 0.15) is 12.5 Å². The van der Waals surface area contributed by atoms with E-state index in [9.17, 15) is 4.79 Å². The molecule has 0 radical (unpaired) electrons. The Bertz CT molecular complexity index is 506. The molecule has 16 heavy (non-hydrogen) atoms. The third-order valence-electron chi connectivity index (χ3n) is 2.25. The van der Waals surface area contributed by atoms with Gasteiger partial charge in [-0.05, 0) is 40.5 Å². The van der Waals surface area contributed by atoms with Crippen molar-refractivity contribution in [1.82, 2.24) is 9.55 Å². The molecule has 0 amide bonds. The first-order valence-corrected chi connectivity index (χ1v) is 5.72. The molecule has 3 nitrogen and oxygen atoms in total. The number of carbonyl (C=O) groups is 1. The van der Waals surface area contributed by atoms with Crippen molar-refractivity contribution in [2.24, 2.45) is 0 Å². The molecule has 0 saturated heterocycles. The molecule has 2 rings (SSSR count). The molecule has 0 aliphatic rings. The van der Waals surface area contributed by atoms with Gasteiger partial charge in [0.2, 0.25) is 0 Å². The van der Waals surface area contributed by atoms with Gasteiger partial charge in [-0.1, -0.05) is 6.07 Å². The number of rotatable bonds is 3. The second-order valence-corrected chi connectivity index (χ2v) is 4.49. The number of Topliss-reactive ketones (excluding diaryl/α,β-unsaturated/α-hetero) is 1. The first kappa shape index (κ1) is 11.1. The van der Waals surface area contributed by atoms with Crippen molar-refractivity contribution in [3.8, 4) is 5.69 Å². The lowest BCUT2D eigenvalue weighted by atomic mass is 10.1. The summed E-state index contributed by atoms with van der Waals surface area (Å²) in [5.41, 5.74) is 2.04. The number of hydrogen-bond donors (Lipinski definition) is 0. The van der Waals surface area contributed by atoms with Crippen LogP contribution in [0.5, 0.6) is 0 Å². The van der Waals surface area contributed by atoms with Crippen LogP contribution in [0.15, 0.2) is 41.4 Å². The number of hydrogen-bond acceptors (Lipinski definition) is 2. The molecule has 0 aliphatic heterocycles. The van der Waals surface area contributed by atoms with E-state index in [1.54, 1.807) is 19.4 Å². The van der Waals surface area contributed by atoms with Gasteiger partial charge < -0.3 is 4.57 Å². The molecule has 4 heteroatoms. The number of ketones is 1. The number of aromatic nitrogens is 2. The molecule has 82 valence electrons. The summed E-state index contributed by atoms with van der Waals surface area (Å²) in [6.45, 7) is 1.59. The third-order valence-corrected chi connectivity index (χ3v) is 2.88. The van der Waals surface area contributed by atoms with Crippen LogP contribution in [0.2, 0.25) is 0 Å². The van der Waals surface area contributed by atoms with Crippen LogP contribution in [0.3, 0.4) is 0 Å². The first-order chi connectivity index (χ1) is 7.66. The SMILES string of the molecule is CC(=O)Cc1ccc(-n2ccnc2)c(Br)c1. The van der Waals surface area contributed by atoms with Gasteiger partial charge in [-0.25, -0.2) is 4.98 Å². The van der Waals surface area contributed by atoms with Crippen molar-refractivity contribution < 1.29 is 4.79 Å².